The van der Waals surface area contributed by atoms with Crippen LogP contribution in [-0.4, -0.2) is 136 Å². The summed E-state index contributed by atoms with van der Waals surface area (Å²) in [6.07, 6.45) is -5.70. The lowest BCUT2D eigenvalue weighted by atomic mass is 9.38. The number of phosphoric ester groups is 3. The van der Waals surface area contributed by atoms with Gasteiger partial charge < -0.3 is 50.9 Å². The highest BCUT2D eigenvalue weighted by Crippen LogP contribution is 2.61. The van der Waals surface area contributed by atoms with Gasteiger partial charge in [0.2, 0.25) is 11.8 Å². The maximum Gasteiger partial charge on any atom is 0.481 e. The summed E-state index contributed by atoms with van der Waals surface area (Å²) in [6, 6.07) is 0. The van der Waals surface area contributed by atoms with Gasteiger partial charge in [-0.1, -0.05) is 13.8 Å². The molecule has 7 atom stereocenters. The first-order chi connectivity index (χ1) is 24.2. The average Bonchev–Trinajstić information content (AvgIpc) is 3.60. The molecule has 0 radical (unpaired) electrons. The first kappa shape index (κ1) is 45.2. The number of aliphatic hydroxyl groups is 2. The highest BCUT2D eigenvalue weighted by molar-refractivity contribution is 14.1. The molecule has 23 nitrogen and oxygen atoms in total. The van der Waals surface area contributed by atoms with E-state index in [0.717, 1.165) is 41.5 Å². The van der Waals surface area contributed by atoms with Gasteiger partial charge in [0.05, 0.1) is 26.6 Å². The smallest absolute Gasteiger partial charge is 0.386 e. The van der Waals surface area contributed by atoms with Crippen molar-refractivity contribution in [3.05, 3.63) is 12.7 Å². The zero-order valence-corrected chi connectivity index (χ0v) is 33.3. The van der Waals surface area contributed by atoms with E-state index >= 15 is 0 Å². The second-order valence-electron chi connectivity index (χ2n) is 11.7. The van der Waals surface area contributed by atoms with Crippen LogP contribution in [0.3, 0.4) is 0 Å². The van der Waals surface area contributed by atoms with E-state index in [1.165, 1.54) is 13.8 Å². The molecule has 0 spiro atoms. The number of nitrogen functional groups attached to an aromatic ring is 1. The summed E-state index contributed by atoms with van der Waals surface area (Å²) < 4.78 is 62.0. The lowest BCUT2D eigenvalue weighted by molar-refractivity contribution is -0.137. The van der Waals surface area contributed by atoms with Crippen LogP contribution in [0, 0.1) is 5.41 Å². The van der Waals surface area contributed by atoms with E-state index in [2.05, 4.69) is 56.8 Å². The third-order valence-electron chi connectivity index (χ3n) is 7.07. The second-order valence-corrected chi connectivity index (χ2v) is 18.3. The largest absolute Gasteiger partial charge is 0.481 e. The van der Waals surface area contributed by atoms with E-state index in [4.69, 9.17) is 19.5 Å². The fraction of sp³-hybridized carbons (Fsp3) is 0.667. The Morgan fingerprint density at radius 2 is 1.83 bits per heavy atom. The Bertz CT molecular complexity index is 1680. The number of carbonyl (C=O) groups is 2. The summed E-state index contributed by atoms with van der Waals surface area (Å²) in [5.41, 5.74) is 4.32. The molecular formula is C21H38B3IN7O16P3S. The predicted octanol–water partition coefficient (Wildman–Crippen LogP) is -2.46. The van der Waals surface area contributed by atoms with E-state index in [9.17, 15) is 53.1 Å². The molecule has 10 N–H and O–H groups in total. The van der Waals surface area contributed by atoms with Crippen molar-refractivity contribution in [3.8, 4) is 0 Å². The first-order valence-corrected chi connectivity index (χ1v) is 22.4. The summed E-state index contributed by atoms with van der Waals surface area (Å²) in [5.74, 6) is -0.532. The Kier molecular flexibility index (Phi) is 17.0. The van der Waals surface area contributed by atoms with Gasteiger partial charge in [-0.25, -0.2) is 40.3 Å². The molecular weight excluding hydrogens is 891 g/mol. The Hall–Kier alpha value is -1.19. The highest BCUT2D eigenvalue weighted by Gasteiger charge is 2.50. The fourth-order valence-corrected chi connectivity index (χ4v) is 8.99. The Balaban J connectivity index is 1.53. The summed E-state index contributed by atoms with van der Waals surface area (Å²) in [6.45, 7) is 0.932. The molecule has 3 rings (SSSR count). The van der Waals surface area contributed by atoms with Crippen molar-refractivity contribution in [2.45, 2.75) is 50.9 Å². The number of hydrogen-bond donors (Lipinski definition) is 9. The molecule has 290 valence electrons. The van der Waals surface area contributed by atoms with Gasteiger partial charge in [0.15, 0.2) is 22.7 Å². The van der Waals surface area contributed by atoms with Crippen LogP contribution < -0.4 is 16.4 Å². The van der Waals surface area contributed by atoms with Gasteiger partial charge in [-0.15, -0.1) is 0 Å². The highest BCUT2D eigenvalue weighted by atomic mass is 127. The molecule has 1 saturated heterocycles. The van der Waals surface area contributed by atoms with Gasteiger partial charge in [0, 0.05) is 24.9 Å². The van der Waals surface area contributed by atoms with Gasteiger partial charge in [-0.3, -0.25) is 27.7 Å². The number of nitrogens with one attached hydrogen (secondary N) is 2. The minimum Gasteiger partial charge on any atom is -0.386 e. The number of aromatic nitrogens is 4. The van der Waals surface area contributed by atoms with E-state index in [1.807, 2.05) is 0 Å². The van der Waals surface area contributed by atoms with Crippen LogP contribution in [0.2, 0.25) is 0 Å². The quantitative estimate of drug-likeness (QED) is 0.0256. The topological polar surface area (TPSA) is 347 Å². The minimum absolute atomic E-state index is 0.0339. The number of rotatable bonds is 22. The lowest BCUT2D eigenvalue weighted by Crippen LogP contribution is -2.46. The maximum atomic E-state index is 12.6. The molecule has 31 heteroatoms. The second kappa shape index (κ2) is 19.6. The zero-order chi connectivity index (χ0) is 38.9. The number of aliphatic hydroxyl groups excluding tert-OH is 2. The third-order valence-corrected chi connectivity index (χ3v) is 12.0. The molecule has 0 aliphatic carbocycles. The Labute approximate surface area is 316 Å². The molecule has 2 aromatic heterocycles. The molecule has 0 aromatic carbocycles. The van der Waals surface area contributed by atoms with Crippen LogP contribution in [0.1, 0.15) is 26.5 Å². The number of nitrogens with zero attached hydrogens (tertiary/aromatic N) is 4. The van der Waals surface area contributed by atoms with Gasteiger partial charge in [0.25, 0.3) is 0 Å². The van der Waals surface area contributed by atoms with Crippen molar-refractivity contribution in [1.82, 2.24) is 30.2 Å². The van der Waals surface area contributed by atoms with E-state index in [-0.39, 0.29) is 35.9 Å². The van der Waals surface area contributed by atoms with Crippen LogP contribution in [0.15, 0.2) is 12.7 Å². The molecule has 1 fully saturated rings. The Morgan fingerprint density at radius 3 is 2.50 bits per heavy atom. The van der Waals surface area contributed by atoms with Crippen LogP contribution in [-0.2, 0) is 45.9 Å². The van der Waals surface area contributed by atoms with Gasteiger partial charge in [-0.05, 0) is 5.75 Å². The number of amides is 2. The Morgan fingerprint density at radius 1 is 1.13 bits per heavy atom. The summed E-state index contributed by atoms with van der Waals surface area (Å²) in [7, 11) is -15.2. The fourth-order valence-electron chi connectivity index (χ4n) is 4.46. The standard InChI is InChI=1S/C21H38B3IN7O16P3S/c1-21(2,16(35)19(36)28-4-3-12(33)27-5-6-52-24-22-23-25)8-45-51(42,43)48-50(40,41)44-7-11-15(47-49(37,38)39)14(34)20(46-11)32-10-31-13-17(26)29-9-30-18(13)32/h9-11,14-16,20,22-24,34-35H,3-8H2,1-2H3,(H,27,33)(H,28,36)(H,40,41)(H,42,43)(H2,26,29,30)(H2,37,38,39). The third kappa shape index (κ3) is 13.8. The SMILES string of the molecule is CC(C)(COP(=O)(O)OP(=O)(O)OCC1OC(n2cnc3c(N)ncnc32)C(O)C1OP(=O)(O)O)C(O)C(=O)NCCC(=O)NCCSBBBI. The van der Waals surface area contributed by atoms with Gasteiger partial charge in [0.1, 0.15) is 42.7 Å². The number of imidazole rings is 1. The number of anilines is 1. The minimum atomic E-state index is -5.54. The van der Waals surface area contributed by atoms with Crippen molar-refractivity contribution in [2.75, 3.05) is 37.8 Å². The number of ether oxygens (including phenoxy) is 1. The molecule has 3 heterocycles. The van der Waals surface area contributed by atoms with Crippen LogP contribution in [0.4, 0.5) is 5.82 Å². The molecule has 2 amide bonds. The number of hydrogen-bond acceptors (Lipinski definition) is 17. The summed E-state index contributed by atoms with van der Waals surface area (Å²) >= 11 is 3.99. The predicted molar refractivity (Wildman–Crippen MR) is 198 cm³/mol. The first-order valence-electron chi connectivity index (χ1n) is 15.2. The van der Waals surface area contributed by atoms with Crippen LogP contribution in [0.25, 0.3) is 11.2 Å². The van der Waals surface area contributed by atoms with Crippen LogP contribution >= 0.6 is 57.5 Å². The average molecular weight is 929 g/mol. The lowest BCUT2D eigenvalue weighted by Gasteiger charge is -2.30. The van der Waals surface area contributed by atoms with E-state index in [1.54, 1.807) is 11.6 Å². The van der Waals surface area contributed by atoms with E-state index in [0.29, 0.717) is 6.54 Å². The summed E-state index contributed by atoms with van der Waals surface area (Å²) in [4.78, 5) is 75.3. The van der Waals surface area contributed by atoms with Gasteiger partial charge >= 0.3 is 23.5 Å². The van der Waals surface area contributed by atoms with Crippen molar-refractivity contribution in [2.24, 2.45) is 5.41 Å². The van der Waals surface area contributed by atoms with Crippen molar-refractivity contribution in [1.29, 1.82) is 0 Å². The molecule has 7 unspecified atom stereocenters. The molecule has 52 heavy (non-hydrogen) atoms. The van der Waals surface area contributed by atoms with Crippen molar-refractivity contribution in [3.63, 3.8) is 0 Å². The summed E-state index contributed by atoms with van der Waals surface area (Å²) in [5, 5.41) is 27.5. The molecule has 0 bridgehead atoms. The van der Waals surface area contributed by atoms with Gasteiger partial charge in [-0.2, -0.15) is 26.7 Å². The van der Waals surface area contributed by atoms with E-state index < -0.39 is 78.6 Å². The molecule has 1 aliphatic rings. The molecule has 2 aromatic rings. The monoisotopic (exact) mass is 929 g/mol. The number of halogens is 1. The van der Waals surface area contributed by atoms with Crippen molar-refractivity contribution >= 4 is 105 Å². The maximum absolute atomic E-state index is 12.6. The number of fused-ring (bicyclic) bond motifs is 1. The zero-order valence-electron chi connectivity index (χ0n) is 27.7. The number of phosphoric acid groups is 3. The molecule has 1 aliphatic heterocycles. The normalized spacial score (nSPS) is 22.2. The number of carbonyl (C=O) groups excluding carboxylic acids is 2. The van der Waals surface area contributed by atoms with Crippen molar-refractivity contribution < 1.29 is 75.7 Å². The molecule has 0 saturated carbocycles. The van der Waals surface area contributed by atoms with Crippen LogP contribution in [0.5, 0.6) is 0 Å². The number of nitrogens with two attached hydrogens (primary N) is 1.